The molecule has 0 fully saturated rings. The topological polar surface area (TPSA) is 82.7 Å². The summed E-state index contributed by atoms with van der Waals surface area (Å²) < 4.78 is 0.890. The Labute approximate surface area is 121 Å². The first-order valence-corrected chi connectivity index (χ1v) is 7.15. The molecule has 0 aromatic carbocycles. The number of nitrogens with two attached hydrogens (primary N) is 1. The van der Waals surface area contributed by atoms with E-state index in [0.717, 1.165) is 9.47 Å². The minimum atomic E-state index is -0.184. The zero-order chi connectivity index (χ0) is 13.4. The fraction of sp³-hybridized carbons (Fsp3) is 0.0909. The lowest BCUT2D eigenvalue weighted by molar-refractivity contribution is -0.112. The summed E-state index contributed by atoms with van der Waals surface area (Å²) in [7, 11) is 0. The van der Waals surface area contributed by atoms with E-state index < -0.39 is 0 Å². The zero-order valence-electron chi connectivity index (χ0n) is 9.68. The van der Waals surface area contributed by atoms with Crippen LogP contribution in [0.2, 0.25) is 0 Å². The minimum absolute atomic E-state index is 0.184. The molecular formula is C11H10BrN5OS. The molecule has 0 saturated heterocycles. The van der Waals surface area contributed by atoms with E-state index in [0.29, 0.717) is 23.8 Å². The van der Waals surface area contributed by atoms with Gasteiger partial charge >= 0.3 is 0 Å². The standard InChI is InChI=1S/C11H10BrN5OS/c12-9-7(2-4-19-9)15-11(18)6-5-14-17-3-1-8(13)16-10(6)17/h1-4,14H,5H2,(H2,13,16)(H,15,18). The number of carbonyl (C=O) groups excluding carboxylic acids is 1. The summed E-state index contributed by atoms with van der Waals surface area (Å²) in [6.07, 6.45) is 3.42. The van der Waals surface area contributed by atoms with Crippen LogP contribution in [0.3, 0.4) is 0 Å². The van der Waals surface area contributed by atoms with Crippen LogP contribution in [0.25, 0.3) is 0 Å². The Balaban J connectivity index is 1.86. The molecule has 1 aromatic rings. The lowest BCUT2D eigenvalue weighted by atomic mass is 10.2. The number of amides is 1. The van der Waals surface area contributed by atoms with E-state index in [-0.39, 0.29) is 5.91 Å². The summed E-state index contributed by atoms with van der Waals surface area (Å²) >= 11 is 4.90. The van der Waals surface area contributed by atoms with Gasteiger partial charge in [-0.15, -0.1) is 11.3 Å². The number of nitrogens with zero attached hydrogens (tertiary/aromatic N) is 2. The average Bonchev–Trinajstić information content (AvgIpc) is 2.96. The molecule has 19 heavy (non-hydrogen) atoms. The van der Waals surface area contributed by atoms with Crippen LogP contribution in [-0.2, 0) is 4.79 Å². The second-order valence-corrected chi connectivity index (χ2v) is 6.16. The second kappa shape index (κ2) is 4.80. The van der Waals surface area contributed by atoms with Crippen LogP contribution in [0, 0.1) is 0 Å². The number of halogens is 1. The highest BCUT2D eigenvalue weighted by atomic mass is 79.9. The lowest BCUT2D eigenvalue weighted by Crippen LogP contribution is -2.29. The van der Waals surface area contributed by atoms with Gasteiger partial charge in [0.1, 0.15) is 5.84 Å². The molecule has 6 nitrogen and oxygen atoms in total. The van der Waals surface area contributed by atoms with Gasteiger partial charge in [0.15, 0.2) is 5.82 Å². The van der Waals surface area contributed by atoms with Crippen molar-refractivity contribution in [2.45, 2.75) is 0 Å². The van der Waals surface area contributed by atoms with Crippen molar-refractivity contribution < 1.29 is 4.79 Å². The molecule has 8 heteroatoms. The Morgan fingerprint density at radius 3 is 3.21 bits per heavy atom. The maximum atomic E-state index is 12.2. The molecule has 98 valence electrons. The molecule has 0 spiro atoms. The highest BCUT2D eigenvalue weighted by Gasteiger charge is 2.27. The van der Waals surface area contributed by atoms with Gasteiger partial charge in [0.25, 0.3) is 5.91 Å². The highest BCUT2D eigenvalue weighted by molar-refractivity contribution is 9.11. The number of hydrogen-bond donors (Lipinski definition) is 3. The molecule has 0 bridgehead atoms. The summed E-state index contributed by atoms with van der Waals surface area (Å²) in [5.74, 6) is 0.747. The fourth-order valence-corrected chi connectivity index (χ4v) is 2.90. The van der Waals surface area contributed by atoms with Gasteiger partial charge < -0.3 is 11.1 Å². The van der Waals surface area contributed by atoms with E-state index >= 15 is 0 Å². The molecule has 1 aromatic heterocycles. The molecule has 0 aliphatic carbocycles. The van der Waals surface area contributed by atoms with Gasteiger partial charge in [-0.25, -0.2) is 10.4 Å². The Bertz CT molecular complexity index is 633. The Morgan fingerprint density at radius 2 is 2.47 bits per heavy atom. The number of fused-ring (bicyclic) bond motifs is 1. The number of thiophene rings is 1. The molecule has 2 aliphatic heterocycles. The number of nitrogens with one attached hydrogen (secondary N) is 2. The summed E-state index contributed by atoms with van der Waals surface area (Å²) in [6.45, 7) is 0.421. The third kappa shape index (κ3) is 2.29. The monoisotopic (exact) mass is 339 g/mol. The van der Waals surface area contributed by atoms with Crippen molar-refractivity contribution in [3.8, 4) is 0 Å². The van der Waals surface area contributed by atoms with E-state index in [9.17, 15) is 4.79 Å². The van der Waals surface area contributed by atoms with Crippen molar-refractivity contribution >= 4 is 44.7 Å². The predicted octanol–water partition coefficient (Wildman–Crippen LogP) is 1.37. The number of amidine groups is 1. The van der Waals surface area contributed by atoms with Gasteiger partial charge in [-0.05, 0) is 33.5 Å². The van der Waals surface area contributed by atoms with Gasteiger partial charge in [-0.1, -0.05) is 0 Å². The van der Waals surface area contributed by atoms with Crippen molar-refractivity contribution in [3.63, 3.8) is 0 Å². The third-order valence-corrected chi connectivity index (χ3v) is 4.38. The molecule has 2 aliphatic rings. The molecule has 0 atom stereocenters. The van der Waals surface area contributed by atoms with Gasteiger partial charge in [0.2, 0.25) is 0 Å². The largest absolute Gasteiger partial charge is 0.384 e. The molecule has 3 heterocycles. The van der Waals surface area contributed by atoms with E-state index in [1.54, 1.807) is 17.3 Å². The fourth-order valence-electron chi connectivity index (χ4n) is 1.78. The first-order valence-electron chi connectivity index (χ1n) is 5.48. The number of hydrazine groups is 1. The Hall–Kier alpha value is -1.64. The molecular weight excluding hydrogens is 330 g/mol. The van der Waals surface area contributed by atoms with E-state index in [4.69, 9.17) is 5.73 Å². The minimum Gasteiger partial charge on any atom is -0.384 e. The normalized spacial score (nSPS) is 17.5. The summed E-state index contributed by atoms with van der Waals surface area (Å²) in [5, 5.41) is 6.43. The van der Waals surface area contributed by atoms with E-state index in [2.05, 4.69) is 31.7 Å². The van der Waals surface area contributed by atoms with Gasteiger partial charge in [0, 0.05) is 12.7 Å². The first-order chi connectivity index (χ1) is 9.15. The number of anilines is 1. The number of hydrogen-bond acceptors (Lipinski definition) is 6. The van der Waals surface area contributed by atoms with Crippen LogP contribution in [0.4, 0.5) is 5.69 Å². The van der Waals surface area contributed by atoms with Crippen LogP contribution < -0.4 is 16.5 Å². The van der Waals surface area contributed by atoms with Gasteiger partial charge in [-0.3, -0.25) is 9.80 Å². The third-order valence-electron chi connectivity index (χ3n) is 2.69. The lowest BCUT2D eigenvalue weighted by Gasteiger charge is -2.17. The van der Waals surface area contributed by atoms with Crippen LogP contribution in [0.5, 0.6) is 0 Å². The second-order valence-electron chi connectivity index (χ2n) is 3.92. The smallest absolute Gasteiger partial charge is 0.256 e. The molecule has 3 rings (SSSR count). The SMILES string of the molecule is NC1=NC2=C(C(=O)Nc3ccsc3Br)CNN2C=C1. The van der Waals surface area contributed by atoms with Crippen LogP contribution in [0.15, 0.2) is 43.9 Å². The maximum Gasteiger partial charge on any atom is 0.256 e. The average molecular weight is 340 g/mol. The summed E-state index contributed by atoms with van der Waals surface area (Å²) in [5.41, 5.74) is 10.0. The number of rotatable bonds is 2. The molecule has 0 radical (unpaired) electrons. The number of carbonyl (C=O) groups is 1. The van der Waals surface area contributed by atoms with Gasteiger partial charge in [-0.2, -0.15) is 0 Å². The predicted molar refractivity (Wildman–Crippen MR) is 78.3 cm³/mol. The van der Waals surface area contributed by atoms with Crippen LogP contribution >= 0.6 is 27.3 Å². The van der Waals surface area contributed by atoms with Crippen molar-refractivity contribution in [2.75, 3.05) is 11.9 Å². The summed E-state index contributed by atoms with van der Waals surface area (Å²) in [6, 6.07) is 1.84. The van der Waals surface area contributed by atoms with E-state index in [1.807, 2.05) is 11.4 Å². The molecule has 0 unspecified atom stereocenters. The highest BCUT2D eigenvalue weighted by Crippen LogP contribution is 2.29. The van der Waals surface area contributed by atoms with Crippen molar-refractivity contribution in [3.05, 3.63) is 38.9 Å². The van der Waals surface area contributed by atoms with Crippen LogP contribution in [-0.4, -0.2) is 23.3 Å². The Kier molecular flexibility index (Phi) is 3.13. The maximum absolute atomic E-state index is 12.2. The molecule has 4 N–H and O–H groups in total. The van der Waals surface area contributed by atoms with Crippen LogP contribution in [0.1, 0.15) is 0 Å². The molecule has 1 amide bonds. The zero-order valence-corrected chi connectivity index (χ0v) is 12.1. The van der Waals surface area contributed by atoms with Crippen molar-refractivity contribution in [2.24, 2.45) is 10.7 Å². The van der Waals surface area contributed by atoms with Crippen molar-refractivity contribution in [1.29, 1.82) is 0 Å². The Morgan fingerprint density at radius 1 is 1.63 bits per heavy atom. The van der Waals surface area contributed by atoms with E-state index in [1.165, 1.54) is 11.3 Å². The first kappa shape index (κ1) is 12.4. The molecule has 0 saturated carbocycles. The van der Waals surface area contributed by atoms with Gasteiger partial charge in [0.05, 0.1) is 15.0 Å². The number of aliphatic imine (C=N–C) groups is 1. The van der Waals surface area contributed by atoms with Crippen molar-refractivity contribution in [1.82, 2.24) is 10.4 Å². The summed E-state index contributed by atoms with van der Waals surface area (Å²) in [4.78, 5) is 16.4. The quantitative estimate of drug-likeness (QED) is 0.759.